The molecule has 0 saturated heterocycles. The lowest BCUT2D eigenvalue weighted by atomic mass is 10.0. The van der Waals surface area contributed by atoms with E-state index >= 15 is 0 Å². The van der Waals surface area contributed by atoms with Crippen LogP contribution in [-0.4, -0.2) is 12.3 Å². The Kier molecular flexibility index (Phi) is 2.17. The van der Waals surface area contributed by atoms with E-state index in [0.717, 1.165) is 13.0 Å². The van der Waals surface area contributed by atoms with Gasteiger partial charge in [-0.05, 0) is 32.3 Å². The summed E-state index contributed by atoms with van der Waals surface area (Å²) in [4.78, 5) is 4.50. The summed E-state index contributed by atoms with van der Waals surface area (Å²) >= 11 is 0. The molecule has 0 bridgehead atoms. The summed E-state index contributed by atoms with van der Waals surface area (Å²) in [6.07, 6.45) is 2.38. The van der Waals surface area contributed by atoms with Crippen molar-refractivity contribution in [3.8, 4) is 0 Å². The number of benzene rings is 1. The maximum atomic E-state index is 4.50. The van der Waals surface area contributed by atoms with E-state index < -0.39 is 0 Å². The minimum absolute atomic E-state index is 1.02. The third-order valence-electron chi connectivity index (χ3n) is 2.43. The van der Waals surface area contributed by atoms with E-state index in [0.29, 0.717) is 0 Å². The van der Waals surface area contributed by atoms with E-state index in [9.17, 15) is 0 Å². The number of rotatable bonds is 1. The molecule has 0 unspecified atom stereocenters. The van der Waals surface area contributed by atoms with Gasteiger partial charge in [-0.1, -0.05) is 29.3 Å². The fourth-order valence-electron chi connectivity index (χ4n) is 1.92. The van der Waals surface area contributed by atoms with E-state index in [4.69, 9.17) is 0 Å². The number of aliphatic imine (C=N–C) groups is 1. The Morgan fingerprint density at radius 2 is 1.77 bits per heavy atom. The van der Waals surface area contributed by atoms with Crippen molar-refractivity contribution in [3.05, 3.63) is 34.9 Å². The Bertz CT molecular complexity index is 330. The molecule has 1 aliphatic heterocycles. The highest BCUT2D eigenvalue weighted by Gasteiger charge is 2.08. The first-order valence-corrected chi connectivity index (χ1v) is 4.88. The molecule has 0 N–H and O–H groups in total. The van der Waals surface area contributed by atoms with Gasteiger partial charge in [-0.2, -0.15) is 0 Å². The first-order valence-electron chi connectivity index (χ1n) is 4.88. The zero-order valence-electron chi connectivity index (χ0n) is 8.30. The number of aryl methyl sites for hydroxylation is 2. The minimum atomic E-state index is 1.02. The van der Waals surface area contributed by atoms with Gasteiger partial charge in [0.05, 0.1) is 0 Å². The topological polar surface area (TPSA) is 12.4 Å². The quantitative estimate of drug-likeness (QED) is 0.619. The van der Waals surface area contributed by atoms with Crippen molar-refractivity contribution in [1.82, 2.24) is 0 Å². The summed E-state index contributed by atoms with van der Waals surface area (Å²) < 4.78 is 0. The summed E-state index contributed by atoms with van der Waals surface area (Å²) in [7, 11) is 0. The van der Waals surface area contributed by atoms with E-state index in [-0.39, 0.29) is 0 Å². The zero-order valence-corrected chi connectivity index (χ0v) is 8.30. The number of hydrogen-bond acceptors (Lipinski definition) is 1. The van der Waals surface area contributed by atoms with Gasteiger partial charge >= 0.3 is 0 Å². The molecule has 0 saturated carbocycles. The third-order valence-corrected chi connectivity index (χ3v) is 2.43. The average molecular weight is 173 g/mol. The first kappa shape index (κ1) is 8.49. The van der Waals surface area contributed by atoms with Gasteiger partial charge in [0.1, 0.15) is 0 Å². The van der Waals surface area contributed by atoms with Crippen LogP contribution in [0.25, 0.3) is 0 Å². The lowest BCUT2D eigenvalue weighted by molar-refractivity contribution is 0.951. The standard InChI is InChI=1S/C12H15N/c1-9-6-10(2)8-11(7-9)12-4-3-5-13-12/h6-8H,3-5H2,1-2H3. The van der Waals surface area contributed by atoms with Crippen LogP contribution in [-0.2, 0) is 0 Å². The van der Waals surface area contributed by atoms with Gasteiger partial charge in [0.25, 0.3) is 0 Å². The smallest absolute Gasteiger partial charge is 0.0421 e. The summed E-state index contributed by atoms with van der Waals surface area (Å²) in [5, 5.41) is 0. The van der Waals surface area contributed by atoms with Crippen LogP contribution < -0.4 is 0 Å². The first-order chi connectivity index (χ1) is 6.25. The normalized spacial score (nSPS) is 16.0. The van der Waals surface area contributed by atoms with E-state index in [2.05, 4.69) is 37.0 Å². The summed E-state index contributed by atoms with van der Waals surface area (Å²) in [5.74, 6) is 0. The lowest BCUT2D eigenvalue weighted by Crippen LogP contribution is -1.97. The number of nitrogens with zero attached hydrogens (tertiary/aromatic N) is 1. The Labute approximate surface area is 79.5 Å². The Morgan fingerprint density at radius 3 is 2.31 bits per heavy atom. The molecular weight excluding hydrogens is 158 g/mol. The molecule has 0 spiro atoms. The predicted octanol–water partition coefficient (Wildman–Crippen LogP) is 2.89. The van der Waals surface area contributed by atoms with E-state index in [1.165, 1.54) is 28.8 Å². The maximum absolute atomic E-state index is 4.50. The molecule has 0 radical (unpaired) electrons. The van der Waals surface area contributed by atoms with Gasteiger partial charge in [0.2, 0.25) is 0 Å². The van der Waals surface area contributed by atoms with Crippen molar-refractivity contribution in [3.63, 3.8) is 0 Å². The third kappa shape index (κ3) is 1.80. The van der Waals surface area contributed by atoms with Gasteiger partial charge in [-0.25, -0.2) is 0 Å². The van der Waals surface area contributed by atoms with Crippen molar-refractivity contribution in [2.75, 3.05) is 6.54 Å². The van der Waals surface area contributed by atoms with Gasteiger partial charge in [0.15, 0.2) is 0 Å². The average Bonchev–Trinajstić information content (AvgIpc) is 2.53. The molecule has 0 fully saturated rings. The van der Waals surface area contributed by atoms with Crippen LogP contribution >= 0.6 is 0 Å². The molecular formula is C12H15N. The van der Waals surface area contributed by atoms with E-state index in [1.54, 1.807) is 0 Å². The molecule has 1 heterocycles. The second-order valence-corrected chi connectivity index (χ2v) is 3.81. The van der Waals surface area contributed by atoms with Crippen LogP contribution in [0.15, 0.2) is 23.2 Å². The largest absolute Gasteiger partial charge is 0.289 e. The SMILES string of the molecule is Cc1cc(C)cc(C2=NCCC2)c1. The zero-order chi connectivity index (χ0) is 9.26. The van der Waals surface area contributed by atoms with Crippen molar-refractivity contribution >= 4 is 5.71 Å². The molecule has 0 aliphatic carbocycles. The monoisotopic (exact) mass is 173 g/mol. The molecule has 0 amide bonds. The molecule has 2 rings (SSSR count). The Morgan fingerprint density at radius 1 is 1.08 bits per heavy atom. The predicted molar refractivity (Wildman–Crippen MR) is 56.6 cm³/mol. The van der Waals surface area contributed by atoms with Crippen molar-refractivity contribution in [2.24, 2.45) is 4.99 Å². The second kappa shape index (κ2) is 3.33. The summed E-state index contributed by atoms with van der Waals surface area (Å²) in [5.41, 5.74) is 5.30. The van der Waals surface area contributed by atoms with Crippen molar-refractivity contribution in [2.45, 2.75) is 26.7 Å². The lowest BCUT2D eigenvalue weighted by Gasteiger charge is -2.03. The van der Waals surface area contributed by atoms with Gasteiger partial charge in [-0.15, -0.1) is 0 Å². The molecule has 68 valence electrons. The minimum Gasteiger partial charge on any atom is -0.289 e. The molecule has 1 nitrogen and oxygen atoms in total. The molecule has 1 aromatic rings. The van der Waals surface area contributed by atoms with Gasteiger partial charge in [0, 0.05) is 12.3 Å². The maximum Gasteiger partial charge on any atom is 0.0421 e. The second-order valence-electron chi connectivity index (χ2n) is 3.81. The molecule has 1 aliphatic rings. The summed E-state index contributed by atoms with van der Waals surface area (Å²) in [6, 6.07) is 6.67. The van der Waals surface area contributed by atoms with Crippen LogP contribution in [0.4, 0.5) is 0 Å². The Hall–Kier alpha value is -1.11. The highest BCUT2D eigenvalue weighted by atomic mass is 14.8. The van der Waals surface area contributed by atoms with Crippen LogP contribution in [0.5, 0.6) is 0 Å². The fourth-order valence-corrected chi connectivity index (χ4v) is 1.92. The van der Waals surface area contributed by atoms with Crippen molar-refractivity contribution < 1.29 is 0 Å². The molecule has 1 heteroatoms. The van der Waals surface area contributed by atoms with Crippen LogP contribution in [0, 0.1) is 13.8 Å². The summed E-state index contributed by atoms with van der Waals surface area (Å²) in [6.45, 7) is 5.31. The molecule has 13 heavy (non-hydrogen) atoms. The van der Waals surface area contributed by atoms with Crippen molar-refractivity contribution in [1.29, 1.82) is 0 Å². The van der Waals surface area contributed by atoms with Crippen LogP contribution in [0.1, 0.15) is 29.5 Å². The Balaban J connectivity index is 2.39. The fraction of sp³-hybridized carbons (Fsp3) is 0.417. The van der Waals surface area contributed by atoms with Crippen LogP contribution in [0.3, 0.4) is 0 Å². The highest BCUT2D eigenvalue weighted by molar-refractivity contribution is 6.01. The molecule has 0 aromatic heterocycles. The van der Waals surface area contributed by atoms with Gasteiger partial charge < -0.3 is 0 Å². The van der Waals surface area contributed by atoms with Crippen LogP contribution in [0.2, 0.25) is 0 Å². The number of hydrogen-bond donors (Lipinski definition) is 0. The molecule has 1 aromatic carbocycles. The van der Waals surface area contributed by atoms with Gasteiger partial charge in [-0.3, -0.25) is 4.99 Å². The van der Waals surface area contributed by atoms with E-state index in [1.807, 2.05) is 0 Å². The molecule has 0 atom stereocenters. The highest BCUT2D eigenvalue weighted by Crippen LogP contribution is 2.16.